The summed E-state index contributed by atoms with van der Waals surface area (Å²) in [7, 11) is 0. The Labute approximate surface area is 81.7 Å². The second-order valence-corrected chi connectivity index (χ2v) is 4.82. The van der Waals surface area contributed by atoms with Crippen LogP contribution >= 0.6 is 0 Å². The molecule has 0 radical (unpaired) electrons. The number of rotatable bonds is 1. The van der Waals surface area contributed by atoms with Crippen LogP contribution in [0.4, 0.5) is 0 Å². The summed E-state index contributed by atoms with van der Waals surface area (Å²) in [6.45, 7) is 7.84. The average Bonchev–Trinajstić information content (AvgIpc) is 2.20. The Hall–Kier alpha value is -0.0800. The van der Waals surface area contributed by atoms with Gasteiger partial charge in [-0.15, -0.1) is 0 Å². The summed E-state index contributed by atoms with van der Waals surface area (Å²) < 4.78 is 0. The van der Waals surface area contributed by atoms with Crippen molar-refractivity contribution < 1.29 is 5.32 Å². The van der Waals surface area contributed by atoms with Gasteiger partial charge >= 0.3 is 0 Å². The van der Waals surface area contributed by atoms with E-state index in [0.717, 1.165) is 12.0 Å². The lowest BCUT2D eigenvalue weighted by atomic mass is 9.95. The number of piperidine rings is 2. The summed E-state index contributed by atoms with van der Waals surface area (Å²) in [5, 5.41) is 2.46. The molecule has 2 heteroatoms. The van der Waals surface area contributed by atoms with Crippen molar-refractivity contribution in [1.29, 1.82) is 0 Å². The average molecular weight is 183 g/mol. The van der Waals surface area contributed by atoms with Gasteiger partial charge in [0.25, 0.3) is 0 Å². The third-order valence-electron chi connectivity index (χ3n) is 3.74. The quantitative estimate of drug-likeness (QED) is 0.625. The number of nitrogens with zero attached hydrogens (tertiary/aromatic N) is 1. The molecule has 0 bridgehead atoms. The van der Waals surface area contributed by atoms with Gasteiger partial charge in [0, 0.05) is 18.9 Å². The van der Waals surface area contributed by atoms with Gasteiger partial charge in [-0.3, -0.25) is 4.90 Å². The Bertz CT molecular complexity index is 144. The van der Waals surface area contributed by atoms with Crippen LogP contribution in [-0.2, 0) is 0 Å². The normalized spacial score (nSPS) is 29.3. The third kappa shape index (κ3) is 2.44. The van der Waals surface area contributed by atoms with Crippen molar-refractivity contribution in [3.05, 3.63) is 0 Å². The van der Waals surface area contributed by atoms with E-state index in [-0.39, 0.29) is 0 Å². The largest absolute Gasteiger partial charge is 0.346 e. The zero-order valence-electron chi connectivity index (χ0n) is 8.84. The van der Waals surface area contributed by atoms with Crippen molar-refractivity contribution in [3.63, 3.8) is 0 Å². The van der Waals surface area contributed by atoms with Crippen molar-refractivity contribution in [2.45, 2.75) is 38.6 Å². The Morgan fingerprint density at radius 3 is 2.23 bits per heavy atom. The highest BCUT2D eigenvalue weighted by Gasteiger charge is 2.25. The van der Waals surface area contributed by atoms with Gasteiger partial charge in [-0.25, -0.2) is 0 Å². The Morgan fingerprint density at radius 2 is 1.62 bits per heavy atom. The minimum Gasteiger partial charge on any atom is -0.346 e. The standard InChI is InChI=1S/C11H22N2/c1-10-4-8-13(9-5-10)11-2-6-12-7-3-11/h10-12H,2-9H2,1H3/p+1. The molecule has 0 amide bonds. The lowest BCUT2D eigenvalue weighted by Crippen LogP contribution is -2.87. The molecule has 2 fully saturated rings. The molecule has 0 aromatic carbocycles. The third-order valence-corrected chi connectivity index (χ3v) is 3.74. The molecule has 2 rings (SSSR count). The van der Waals surface area contributed by atoms with Crippen LogP contribution in [0.1, 0.15) is 32.6 Å². The van der Waals surface area contributed by atoms with E-state index in [4.69, 9.17) is 0 Å². The fourth-order valence-corrected chi connectivity index (χ4v) is 2.67. The molecular weight excluding hydrogens is 160 g/mol. The van der Waals surface area contributed by atoms with Crippen LogP contribution in [0.2, 0.25) is 0 Å². The first-order valence-electron chi connectivity index (χ1n) is 5.92. The van der Waals surface area contributed by atoms with Crippen LogP contribution in [0.3, 0.4) is 0 Å². The van der Waals surface area contributed by atoms with Gasteiger partial charge in [-0.1, -0.05) is 6.92 Å². The smallest absolute Gasteiger partial charge is 0.0770 e. The summed E-state index contributed by atoms with van der Waals surface area (Å²) in [4.78, 5) is 2.74. The predicted octanol–water partition coefficient (Wildman–Crippen LogP) is 0.444. The number of hydrogen-bond donors (Lipinski definition) is 1. The van der Waals surface area contributed by atoms with Gasteiger partial charge in [-0.2, -0.15) is 0 Å². The topological polar surface area (TPSA) is 19.9 Å². The van der Waals surface area contributed by atoms with Crippen LogP contribution in [-0.4, -0.2) is 37.1 Å². The van der Waals surface area contributed by atoms with Crippen molar-refractivity contribution in [2.75, 3.05) is 26.2 Å². The van der Waals surface area contributed by atoms with Crippen LogP contribution in [0.25, 0.3) is 0 Å². The second kappa shape index (κ2) is 4.43. The van der Waals surface area contributed by atoms with Crippen LogP contribution in [0.15, 0.2) is 0 Å². The molecule has 13 heavy (non-hydrogen) atoms. The first-order chi connectivity index (χ1) is 6.36. The molecule has 2 aliphatic rings. The first-order valence-corrected chi connectivity index (χ1v) is 5.92. The molecule has 0 aliphatic carbocycles. The van der Waals surface area contributed by atoms with Gasteiger partial charge in [0.1, 0.15) is 0 Å². The molecule has 0 aromatic rings. The number of likely N-dealkylation sites (tertiary alicyclic amines) is 1. The molecule has 2 aliphatic heterocycles. The van der Waals surface area contributed by atoms with E-state index < -0.39 is 0 Å². The maximum atomic E-state index is 2.74. The van der Waals surface area contributed by atoms with E-state index >= 15 is 0 Å². The van der Waals surface area contributed by atoms with Crippen molar-refractivity contribution in [3.8, 4) is 0 Å². The maximum Gasteiger partial charge on any atom is 0.0770 e. The van der Waals surface area contributed by atoms with Crippen molar-refractivity contribution in [1.82, 2.24) is 4.90 Å². The Kier molecular flexibility index (Phi) is 3.23. The molecule has 0 saturated carbocycles. The first kappa shape index (κ1) is 9.47. The molecule has 76 valence electrons. The van der Waals surface area contributed by atoms with E-state index in [9.17, 15) is 0 Å². The fraction of sp³-hybridized carbons (Fsp3) is 1.00. The molecule has 2 saturated heterocycles. The van der Waals surface area contributed by atoms with Crippen LogP contribution in [0, 0.1) is 5.92 Å². The number of quaternary nitrogens is 1. The van der Waals surface area contributed by atoms with Crippen molar-refractivity contribution in [2.24, 2.45) is 5.92 Å². The van der Waals surface area contributed by atoms with E-state index in [1.807, 2.05) is 0 Å². The van der Waals surface area contributed by atoms with Gasteiger partial charge in [0.2, 0.25) is 0 Å². The fourth-order valence-electron chi connectivity index (χ4n) is 2.67. The van der Waals surface area contributed by atoms with E-state index in [1.165, 1.54) is 51.9 Å². The lowest BCUT2D eigenvalue weighted by molar-refractivity contribution is -0.664. The highest BCUT2D eigenvalue weighted by atomic mass is 15.2. The predicted molar refractivity (Wildman–Crippen MR) is 54.7 cm³/mol. The highest BCUT2D eigenvalue weighted by molar-refractivity contribution is 4.77. The zero-order chi connectivity index (χ0) is 9.10. The minimum atomic E-state index is 0.928. The van der Waals surface area contributed by atoms with Gasteiger partial charge in [0.15, 0.2) is 0 Å². The summed E-state index contributed by atoms with van der Waals surface area (Å²) in [5.41, 5.74) is 0. The Morgan fingerprint density at radius 1 is 1.00 bits per heavy atom. The molecule has 2 nitrogen and oxygen atoms in total. The lowest BCUT2D eigenvalue weighted by Gasteiger charge is -2.37. The second-order valence-electron chi connectivity index (χ2n) is 4.82. The van der Waals surface area contributed by atoms with Crippen LogP contribution in [0.5, 0.6) is 0 Å². The minimum absolute atomic E-state index is 0.928. The van der Waals surface area contributed by atoms with Crippen LogP contribution < -0.4 is 5.32 Å². The van der Waals surface area contributed by atoms with Gasteiger partial charge in [0.05, 0.1) is 13.1 Å². The summed E-state index contributed by atoms with van der Waals surface area (Å²) in [6, 6.07) is 0.928. The van der Waals surface area contributed by atoms with E-state index in [2.05, 4.69) is 17.1 Å². The molecule has 0 unspecified atom stereocenters. The maximum absolute atomic E-state index is 2.74. The molecule has 0 spiro atoms. The monoisotopic (exact) mass is 183 g/mol. The molecule has 0 aromatic heterocycles. The van der Waals surface area contributed by atoms with E-state index in [0.29, 0.717) is 0 Å². The molecule has 2 N–H and O–H groups in total. The SMILES string of the molecule is CC1CCN(C2CC[NH2+]CC2)CC1. The molecule has 2 heterocycles. The van der Waals surface area contributed by atoms with Crippen molar-refractivity contribution >= 4 is 0 Å². The molecular formula is C11H23N2+. The number of nitrogens with two attached hydrogens (primary N) is 1. The highest BCUT2D eigenvalue weighted by Crippen LogP contribution is 2.20. The summed E-state index contributed by atoms with van der Waals surface area (Å²) in [5.74, 6) is 0.978. The summed E-state index contributed by atoms with van der Waals surface area (Å²) >= 11 is 0. The van der Waals surface area contributed by atoms with E-state index in [1.54, 1.807) is 0 Å². The number of hydrogen-bond acceptors (Lipinski definition) is 1. The van der Waals surface area contributed by atoms with Gasteiger partial charge in [-0.05, 0) is 31.8 Å². The zero-order valence-corrected chi connectivity index (χ0v) is 8.84. The van der Waals surface area contributed by atoms with Gasteiger partial charge < -0.3 is 5.32 Å². The molecule has 0 atom stereocenters. The summed E-state index contributed by atoms with van der Waals surface area (Å²) in [6.07, 6.45) is 5.71. The Balaban J connectivity index is 1.79.